The van der Waals surface area contributed by atoms with E-state index in [1.165, 1.54) is 25.1 Å². The highest BCUT2D eigenvalue weighted by atomic mass is 19.1. The van der Waals surface area contributed by atoms with E-state index in [0.717, 1.165) is 13.0 Å². The standard InChI is InChI=1S/C27H32FN3O7/c1-4-31-7-5-6-15(31)12-10-16(32)18-13(20(12)28)8-11-9-14-21(30(2)3)23(34)19(26(29)37)25(36)27(14,38)24(35)17(11)22(18)33/h10-11,14-15,21,32-33,36,38H,4-9H2,1-3H3,(H2,29,37)/t11-,14-,15?,21-,27-/m0/s1. The van der Waals surface area contributed by atoms with Crippen molar-refractivity contribution < 1.29 is 39.2 Å². The minimum absolute atomic E-state index is 0.0635. The molecular formula is C27H32FN3O7. The van der Waals surface area contributed by atoms with Gasteiger partial charge >= 0.3 is 0 Å². The molecule has 1 aromatic carbocycles. The normalized spacial score (nSPS) is 31.5. The number of benzene rings is 1. The molecule has 0 aromatic heterocycles. The van der Waals surface area contributed by atoms with E-state index in [9.17, 15) is 34.8 Å². The number of ketones is 2. The number of fused-ring (bicyclic) bond motifs is 3. The highest BCUT2D eigenvalue weighted by Gasteiger charge is 2.64. The second-order valence-corrected chi connectivity index (χ2v) is 10.9. The maximum Gasteiger partial charge on any atom is 0.255 e. The van der Waals surface area contributed by atoms with Gasteiger partial charge in [0.2, 0.25) is 5.78 Å². The first-order chi connectivity index (χ1) is 17.9. The molecule has 1 saturated heterocycles. The van der Waals surface area contributed by atoms with Gasteiger partial charge in [0.05, 0.1) is 11.6 Å². The molecule has 11 heteroatoms. The second-order valence-electron chi connectivity index (χ2n) is 10.9. The predicted octanol–water partition coefficient (Wildman–Crippen LogP) is 1.26. The number of likely N-dealkylation sites (N-methyl/N-ethyl adjacent to an activating group) is 1. The summed E-state index contributed by atoms with van der Waals surface area (Å²) in [6.45, 7) is 3.48. The lowest BCUT2D eigenvalue weighted by atomic mass is 9.57. The summed E-state index contributed by atoms with van der Waals surface area (Å²) in [6.07, 6.45) is 1.45. The summed E-state index contributed by atoms with van der Waals surface area (Å²) < 4.78 is 16.0. The van der Waals surface area contributed by atoms with Crippen LogP contribution in [0, 0.1) is 17.7 Å². The average molecular weight is 530 g/mol. The molecule has 0 bridgehead atoms. The van der Waals surface area contributed by atoms with Crippen molar-refractivity contribution in [3.05, 3.63) is 45.5 Å². The Hall–Kier alpha value is -3.28. The summed E-state index contributed by atoms with van der Waals surface area (Å²) in [5, 5.41) is 44.6. The van der Waals surface area contributed by atoms with Crippen molar-refractivity contribution in [2.45, 2.75) is 50.3 Å². The van der Waals surface area contributed by atoms with Crippen molar-refractivity contribution in [3.63, 3.8) is 0 Å². The van der Waals surface area contributed by atoms with Crippen molar-refractivity contribution in [1.29, 1.82) is 0 Å². The smallest absolute Gasteiger partial charge is 0.255 e. The molecule has 0 spiro atoms. The Morgan fingerprint density at radius 3 is 2.55 bits per heavy atom. The zero-order valence-electron chi connectivity index (χ0n) is 21.5. The fourth-order valence-corrected chi connectivity index (χ4v) is 7.11. The zero-order chi connectivity index (χ0) is 27.8. The van der Waals surface area contributed by atoms with Crippen LogP contribution in [0.4, 0.5) is 4.39 Å². The van der Waals surface area contributed by atoms with Gasteiger partial charge < -0.3 is 26.2 Å². The number of carbonyl (C=O) groups excluding carboxylic acids is 3. The van der Waals surface area contributed by atoms with Gasteiger partial charge in [-0.25, -0.2) is 4.39 Å². The molecule has 5 atom stereocenters. The van der Waals surface area contributed by atoms with Crippen LogP contribution in [0.25, 0.3) is 5.76 Å². The van der Waals surface area contributed by atoms with E-state index in [1.54, 1.807) is 0 Å². The Labute approximate surface area is 218 Å². The summed E-state index contributed by atoms with van der Waals surface area (Å²) in [7, 11) is 3.05. The van der Waals surface area contributed by atoms with E-state index in [-0.39, 0.29) is 35.6 Å². The number of carbonyl (C=O) groups is 3. The van der Waals surface area contributed by atoms with Crippen LogP contribution in [0.5, 0.6) is 5.75 Å². The third-order valence-corrected chi connectivity index (χ3v) is 8.81. The molecule has 3 aliphatic carbocycles. The van der Waals surface area contributed by atoms with Crippen LogP contribution in [-0.4, -0.2) is 86.5 Å². The van der Waals surface area contributed by atoms with Crippen LogP contribution >= 0.6 is 0 Å². The van der Waals surface area contributed by atoms with Crippen molar-refractivity contribution in [3.8, 4) is 5.75 Å². The number of phenols is 1. The number of phenolic OH excluding ortho intramolecular Hbond substituents is 1. The van der Waals surface area contributed by atoms with E-state index in [0.29, 0.717) is 18.5 Å². The Morgan fingerprint density at radius 2 is 1.95 bits per heavy atom. The van der Waals surface area contributed by atoms with Gasteiger partial charge in [-0.3, -0.25) is 24.2 Å². The highest BCUT2D eigenvalue weighted by molar-refractivity contribution is 6.24. The van der Waals surface area contributed by atoms with E-state index in [2.05, 4.69) is 4.90 Å². The molecular weight excluding hydrogens is 497 g/mol. The number of hydrogen-bond donors (Lipinski definition) is 5. The largest absolute Gasteiger partial charge is 0.508 e. The number of likely N-dealkylation sites (tertiary alicyclic amines) is 1. The first-order valence-electron chi connectivity index (χ1n) is 12.8. The van der Waals surface area contributed by atoms with Crippen LogP contribution in [0.3, 0.4) is 0 Å². The van der Waals surface area contributed by atoms with E-state index >= 15 is 4.39 Å². The van der Waals surface area contributed by atoms with Crippen molar-refractivity contribution in [2.24, 2.45) is 17.6 Å². The number of halogens is 1. The molecule has 2 fully saturated rings. The molecule has 4 aliphatic rings. The predicted molar refractivity (Wildman–Crippen MR) is 133 cm³/mol. The molecule has 6 N–H and O–H groups in total. The van der Waals surface area contributed by atoms with Crippen molar-refractivity contribution in [1.82, 2.24) is 9.80 Å². The summed E-state index contributed by atoms with van der Waals surface area (Å²) in [5.41, 5.74) is 1.59. The lowest BCUT2D eigenvalue weighted by Crippen LogP contribution is -2.65. The second kappa shape index (κ2) is 8.89. The molecule has 1 saturated carbocycles. The van der Waals surface area contributed by atoms with Gasteiger partial charge in [0, 0.05) is 28.7 Å². The summed E-state index contributed by atoms with van der Waals surface area (Å²) in [6, 6.07) is -0.141. The fraction of sp³-hybridized carbons (Fsp3) is 0.519. The molecule has 10 nitrogen and oxygen atoms in total. The molecule has 0 radical (unpaired) electrons. The first kappa shape index (κ1) is 26.3. The maximum atomic E-state index is 16.0. The fourth-order valence-electron chi connectivity index (χ4n) is 7.11. The number of hydrogen-bond acceptors (Lipinski definition) is 9. The van der Waals surface area contributed by atoms with Crippen LogP contribution in [0.15, 0.2) is 23.0 Å². The molecule has 38 heavy (non-hydrogen) atoms. The Morgan fingerprint density at radius 1 is 1.26 bits per heavy atom. The van der Waals surface area contributed by atoms with Gasteiger partial charge in [0.25, 0.3) is 5.91 Å². The highest BCUT2D eigenvalue weighted by Crippen LogP contribution is 2.53. The van der Waals surface area contributed by atoms with Gasteiger partial charge in [-0.15, -0.1) is 0 Å². The van der Waals surface area contributed by atoms with Gasteiger partial charge in [-0.1, -0.05) is 6.92 Å². The maximum absolute atomic E-state index is 16.0. The SMILES string of the molecule is CCN1CCCC1c1cc(O)c2c(c1F)C[C@H]1C[C@H]3[C@H](N(C)C)C(=O)C(C(N)=O)=C(O)[C@@]3(O)C(=O)C1=C2O. The summed E-state index contributed by atoms with van der Waals surface area (Å²) >= 11 is 0. The summed E-state index contributed by atoms with van der Waals surface area (Å²) in [5.74, 6) is -8.06. The number of Topliss-reactive ketones (excluding diaryl/α,β-unsaturated/α-hetero) is 2. The molecule has 1 heterocycles. The van der Waals surface area contributed by atoms with Crippen molar-refractivity contribution >= 4 is 23.2 Å². The number of nitrogens with zero attached hydrogens (tertiary/aromatic N) is 2. The number of aliphatic hydroxyl groups is 3. The number of rotatable bonds is 4. The molecule has 1 unspecified atom stereocenters. The minimum atomic E-state index is -2.72. The van der Waals surface area contributed by atoms with Crippen molar-refractivity contribution in [2.75, 3.05) is 27.2 Å². The van der Waals surface area contributed by atoms with Crippen LogP contribution in [-0.2, 0) is 20.8 Å². The Balaban J connectivity index is 1.69. The van der Waals surface area contributed by atoms with Gasteiger partial charge in [-0.2, -0.15) is 0 Å². The van der Waals surface area contributed by atoms with Crippen LogP contribution in [0.2, 0.25) is 0 Å². The van der Waals surface area contributed by atoms with Crippen LogP contribution in [0.1, 0.15) is 48.9 Å². The molecule has 1 aromatic rings. The van der Waals surface area contributed by atoms with Crippen LogP contribution < -0.4 is 5.73 Å². The molecule has 204 valence electrons. The zero-order valence-corrected chi connectivity index (χ0v) is 21.5. The topological polar surface area (TPSA) is 165 Å². The average Bonchev–Trinajstić information content (AvgIpc) is 3.31. The third kappa shape index (κ3) is 3.38. The molecule has 5 rings (SSSR count). The number of aliphatic hydroxyl groups excluding tert-OH is 2. The quantitative estimate of drug-likeness (QED) is 0.361. The van der Waals surface area contributed by atoms with E-state index < -0.39 is 69.6 Å². The third-order valence-electron chi connectivity index (χ3n) is 8.81. The Bertz CT molecular complexity index is 1340. The number of aromatic hydroxyl groups is 1. The lowest BCUT2D eigenvalue weighted by Gasteiger charge is -2.50. The molecule has 1 amide bonds. The van der Waals surface area contributed by atoms with Gasteiger partial charge in [0.1, 0.15) is 28.7 Å². The first-order valence-corrected chi connectivity index (χ1v) is 12.8. The summed E-state index contributed by atoms with van der Waals surface area (Å²) in [4.78, 5) is 42.6. The van der Waals surface area contributed by atoms with Gasteiger partial charge in [0.15, 0.2) is 11.4 Å². The number of amides is 1. The molecule has 1 aliphatic heterocycles. The number of primary amides is 1. The van der Waals surface area contributed by atoms with E-state index in [1.807, 2.05) is 6.92 Å². The Kier molecular flexibility index (Phi) is 6.16. The number of nitrogens with two attached hydrogens (primary N) is 1. The lowest BCUT2D eigenvalue weighted by molar-refractivity contribution is -0.153. The van der Waals surface area contributed by atoms with E-state index in [4.69, 9.17) is 5.73 Å². The van der Waals surface area contributed by atoms with Gasteiger partial charge in [-0.05, 0) is 64.9 Å². The monoisotopic (exact) mass is 529 g/mol. The minimum Gasteiger partial charge on any atom is -0.508 e.